The Morgan fingerprint density at radius 3 is 2.62 bits per heavy atom. The third kappa shape index (κ3) is 4.27. The van der Waals surface area contributed by atoms with E-state index < -0.39 is 24.1 Å². The van der Waals surface area contributed by atoms with Crippen LogP contribution in [0.15, 0.2) is 18.5 Å². The number of halogens is 3. The van der Waals surface area contributed by atoms with Crippen LogP contribution in [0.5, 0.6) is 0 Å². The molecule has 1 saturated heterocycles. The van der Waals surface area contributed by atoms with Gasteiger partial charge in [-0.1, -0.05) is 34.5 Å². The van der Waals surface area contributed by atoms with Gasteiger partial charge in [-0.25, -0.2) is 24.1 Å². The first-order valence-corrected chi connectivity index (χ1v) is 11.1. The average Bonchev–Trinajstić information content (AvgIpc) is 3.33. The molecule has 1 aliphatic heterocycles. The van der Waals surface area contributed by atoms with Crippen molar-refractivity contribution >= 4 is 51.5 Å². The van der Waals surface area contributed by atoms with Crippen molar-refractivity contribution in [2.24, 2.45) is 0 Å². The van der Waals surface area contributed by atoms with Gasteiger partial charge in [-0.15, -0.1) is 0 Å². The minimum absolute atomic E-state index is 0.0225. The number of thiazole rings is 1. The van der Waals surface area contributed by atoms with Crippen molar-refractivity contribution in [3.63, 3.8) is 0 Å². The van der Waals surface area contributed by atoms with Crippen LogP contribution in [0.2, 0.25) is 10.0 Å². The van der Waals surface area contributed by atoms with Crippen LogP contribution in [0.1, 0.15) is 32.3 Å². The fourth-order valence-electron chi connectivity index (χ4n) is 3.37. The van der Waals surface area contributed by atoms with E-state index >= 15 is 0 Å². The molecule has 1 aliphatic rings. The molecule has 0 bridgehead atoms. The number of piperidine rings is 1. The van der Waals surface area contributed by atoms with E-state index in [0.717, 1.165) is 11.3 Å². The number of carboxylic acids is 1. The number of carbonyl (C=O) groups is 2. The maximum atomic E-state index is 14.9. The second kappa shape index (κ2) is 9.00. The van der Waals surface area contributed by atoms with Gasteiger partial charge in [0.05, 0.1) is 22.6 Å². The number of rotatable bonds is 5. The van der Waals surface area contributed by atoms with E-state index in [2.05, 4.69) is 25.3 Å². The summed E-state index contributed by atoms with van der Waals surface area (Å²) in [6.07, 6.45) is 1.86. The first kappa shape index (κ1) is 22.4. The molecule has 3 aromatic heterocycles. The van der Waals surface area contributed by atoms with Crippen LogP contribution < -0.4 is 10.2 Å². The van der Waals surface area contributed by atoms with Crippen LogP contribution in [-0.2, 0) is 0 Å². The zero-order chi connectivity index (χ0) is 23.0. The number of carbonyl (C=O) groups excluding carboxylic acids is 1. The highest BCUT2D eigenvalue weighted by Crippen LogP contribution is 2.34. The van der Waals surface area contributed by atoms with Gasteiger partial charge in [-0.2, -0.15) is 0 Å². The third-order valence-electron chi connectivity index (χ3n) is 5.00. The van der Waals surface area contributed by atoms with Crippen LogP contribution in [0.3, 0.4) is 0 Å². The zero-order valence-electron chi connectivity index (χ0n) is 16.6. The van der Waals surface area contributed by atoms with Gasteiger partial charge in [-0.05, 0) is 19.4 Å². The maximum Gasteiger partial charge on any atom is 0.348 e. The Hall–Kier alpha value is -2.76. The van der Waals surface area contributed by atoms with Gasteiger partial charge in [-0.3, -0.25) is 4.79 Å². The van der Waals surface area contributed by atoms with E-state index in [9.17, 15) is 19.1 Å². The molecule has 1 fully saturated rings. The Balaban J connectivity index is 1.48. The molecule has 0 saturated carbocycles. The number of aromatic amines is 1. The Morgan fingerprint density at radius 2 is 2.03 bits per heavy atom. The second-order valence-corrected chi connectivity index (χ2v) is 8.87. The van der Waals surface area contributed by atoms with Crippen molar-refractivity contribution < 1.29 is 19.1 Å². The minimum atomic E-state index is -1.41. The van der Waals surface area contributed by atoms with Gasteiger partial charge >= 0.3 is 5.97 Å². The zero-order valence-corrected chi connectivity index (χ0v) is 18.9. The fraction of sp³-hybridized carbons (Fsp3) is 0.316. The van der Waals surface area contributed by atoms with Crippen molar-refractivity contribution in [1.82, 2.24) is 25.3 Å². The van der Waals surface area contributed by atoms with Crippen molar-refractivity contribution in [1.29, 1.82) is 0 Å². The van der Waals surface area contributed by atoms with Gasteiger partial charge in [0.25, 0.3) is 5.91 Å². The molecular weight excluding hydrogens is 482 g/mol. The first-order valence-electron chi connectivity index (χ1n) is 9.51. The Kier molecular flexibility index (Phi) is 6.31. The summed E-state index contributed by atoms with van der Waals surface area (Å²) in [5.41, 5.74) is 0.768. The van der Waals surface area contributed by atoms with Crippen molar-refractivity contribution in [2.45, 2.75) is 25.6 Å². The number of aromatic carboxylic acids is 1. The van der Waals surface area contributed by atoms with Crippen molar-refractivity contribution in [2.75, 3.05) is 18.0 Å². The second-order valence-electron chi connectivity index (χ2n) is 7.14. The molecule has 4 rings (SSSR count). The molecule has 4 heterocycles. The molecule has 1 amide bonds. The smallest absolute Gasteiger partial charge is 0.348 e. The summed E-state index contributed by atoms with van der Waals surface area (Å²) in [5, 5.41) is 12.9. The van der Waals surface area contributed by atoms with Crippen LogP contribution in [-0.4, -0.2) is 62.2 Å². The molecule has 0 spiro atoms. The molecule has 3 aromatic rings. The Labute approximate surface area is 195 Å². The molecule has 0 aromatic carbocycles. The molecule has 0 radical (unpaired) electrons. The minimum Gasteiger partial charge on any atom is -0.477 e. The molecule has 9 nitrogen and oxygen atoms in total. The summed E-state index contributed by atoms with van der Waals surface area (Å²) < 4.78 is 14.9. The largest absolute Gasteiger partial charge is 0.477 e. The highest BCUT2D eigenvalue weighted by Gasteiger charge is 2.34. The summed E-state index contributed by atoms with van der Waals surface area (Å²) in [7, 11) is 0. The average molecular weight is 499 g/mol. The van der Waals surface area contributed by atoms with Gasteiger partial charge < -0.3 is 20.3 Å². The normalized spacial score (nSPS) is 18.6. The summed E-state index contributed by atoms with van der Waals surface area (Å²) in [6, 6.07) is 0.868. The number of anilines is 1. The molecule has 0 aliphatic carbocycles. The van der Waals surface area contributed by atoms with E-state index in [0.29, 0.717) is 17.4 Å². The lowest BCUT2D eigenvalue weighted by molar-refractivity contribution is 0.0702. The van der Waals surface area contributed by atoms with Gasteiger partial charge in [0.2, 0.25) is 0 Å². The lowest BCUT2D eigenvalue weighted by Crippen LogP contribution is -2.52. The van der Waals surface area contributed by atoms with Crippen LogP contribution in [0.4, 0.5) is 9.52 Å². The maximum absolute atomic E-state index is 14.9. The Bertz CT molecular complexity index is 1170. The summed E-state index contributed by atoms with van der Waals surface area (Å²) in [5.74, 6) is -1.52. The predicted octanol–water partition coefficient (Wildman–Crippen LogP) is 3.59. The number of hydrogen-bond acceptors (Lipinski definition) is 7. The molecule has 3 N–H and O–H groups in total. The van der Waals surface area contributed by atoms with Gasteiger partial charge in [0.15, 0.2) is 11.0 Å². The monoisotopic (exact) mass is 498 g/mol. The third-order valence-corrected chi connectivity index (χ3v) is 7.05. The molecular formula is C19H17Cl2FN6O3S. The number of carboxylic acid groups (broad SMARTS) is 1. The highest BCUT2D eigenvalue weighted by molar-refractivity contribution is 7.17. The molecule has 2 atom stereocenters. The van der Waals surface area contributed by atoms with Crippen molar-refractivity contribution in [3.8, 4) is 11.5 Å². The number of aromatic nitrogens is 4. The van der Waals surface area contributed by atoms with Crippen LogP contribution in [0, 0.1) is 6.92 Å². The van der Waals surface area contributed by atoms with E-state index in [4.69, 9.17) is 23.2 Å². The summed E-state index contributed by atoms with van der Waals surface area (Å²) in [4.78, 5) is 41.1. The number of nitrogens with one attached hydrogen (secondary N) is 2. The lowest BCUT2D eigenvalue weighted by Gasteiger charge is -2.34. The molecule has 13 heteroatoms. The van der Waals surface area contributed by atoms with E-state index in [1.807, 2.05) is 0 Å². The SMILES string of the molecule is Cc1[nH]c(C(=O)N[C@@H]2CCN(c3nc(-c4ncccn4)c(C(=O)O)s3)C[C@@H]2F)c(Cl)c1Cl. The van der Waals surface area contributed by atoms with Gasteiger partial charge in [0, 0.05) is 24.6 Å². The highest BCUT2D eigenvalue weighted by atomic mass is 35.5. The topological polar surface area (TPSA) is 124 Å². The number of H-pyrrole nitrogens is 1. The lowest BCUT2D eigenvalue weighted by atomic mass is 10.0. The number of amides is 1. The number of alkyl halides is 1. The van der Waals surface area contributed by atoms with Gasteiger partial charge in [0.1, 0.15) is 22.4 Å². The summed E-state index contributed by atoms with van der Waals surface area (Å²) >= 11 is 13.0. The number of nitrogens with zero attached hydrogens (tertiary/aromatic N) is 4. The first-order chi connectivity index (χ1) is 15.3. The standard InChI is InChI=1S/C19H17Cl2FN6O3S/c1-8-11(20)12(21)13(25-8)17(29)26-10-3-6-28(7-9(10)22)19-27-14(15(32-19)18(30)31)16-23-4-2-5-24-16/h2,4-5,9-10,25H,3,6-7H2,1H3,(H,26,29)(H,30,31)/t9-,10+/m0/s1. The molecule has 168 valence electrons. The number of aryl methyl sites for hydroxylation is 1. The van der Waals surface area contributed by atoms with E-state index in [1.54, 1.807) is 17.9 Å². The number of hydrogen-bond donors (Lipinski definition) is 3. The van der Waals surface area contributed by atoms with E-state index in [-0.39, 0.29) is 45.1 Å². The van der Waals surface area contributed by atoms with Crippen LogP contribution >= 0.6 is 34.5 Å². The molecule has 32 heavy (non-hydrogen) atoms. The molecule has 0 unspecified atom stereocenters. The Morgan fingerprint density at radius 1 is 1.31 bits per heavy atom. The quantitative estimate of drug-likeness (QED) is 0.490. The van der Waals surface area contributed by atoms with Crippen LogP contribution in [0.25, 0.3) is 11.5 Å². The van der Waals surface area contributed by atoms with E-state index in [1.165, 1.54) is 12.4 Å². The predicted molar refractivity (Wildman–Crippen MR) is 119 cm³/mol. The summed E-state index contributed by atoms with van der Waals surface area (Å²) in [6.45, 7) is 1.98. The fourth-order valence-corrected chi connectivity index (χ4v) is 4.72. The van der Waals surface area contributed by atoms with Crippen molar-refractivity contribution in [3.05, 3.63) is 44.8 Å².